The fraction of sp³-hybridized carbons (Fsp3) is 0.737. The lowest BCUT2D eigenvalue weighted by Crippen LogP contribution is -2.37. The Morgan fingerprint density at radius 3 is 1.83 bits per heavy atom. The lowest BCUT2D eigenvalue weighted by molar-refractivity contribution is 0.167. The Kier molecular flexibility index (Phi) is 9.88. The maximum Gasteiger partial charge on any atom is 0.192 e. The van der Waals surface area contributed by atoms with Gasteiger partial charge < -0.3 is 4.43 Å². The van der Waals surface area contributed by atoms with Gasteiger partial charge in [-0.1, -0.05) is 70.7 Å². The molecule has 0 amide bonds. The maximum absolute atomic E-state index is 6.82. The van der Waals surface area contributed by atoms with Gasteiger partial charge in [0.05, 0.1) is 16.1 Å². The Bertz CT molecular complexity index is 462. The lowest BCUT2D eigenvalue weighted by atomic mass is 9.94. The largest absolute Gasteiger partial charge is 0.410 e. The number of nitrogens with zero attached hydrogens (tertiary/aromatic N) is 1. The van der Waals surface area contributed by atoms with E-state index in [1.54, 1.807) is 12.4 Å². The van der Waals surface area contributed by atoms with E-state index in [2.05, 4.69) is 39.6 Å². The molecule has 0 aliphatic rings. The normalized spacial score (nSPS) is 13.5. The minimum Gasteiger partial charge on any atom is -0.410 e. The first-order valence-electron chi connectivity index (χ1n) is 9.43. The number of halogens is 2. The molecule has 0 aliphatic carbocycles. The molecule has 5 heteroatoms. The van der Waals surface area contributed by atoms with Gasteiger partial charge in [0.2, 0.25) is 0 Å². The molecule has 1 unspecified atom stereocenters. The molecule has 0 aromatic carbocycles. The zero-order valence-electron chi connectivity index (χ0n) is 15.9. The summed E-state index contributed by atoms with van der Waals surface area (Å²) in [7, 11) is -1.74. The van der Waals surface area contributed by atoms with Crippen molar-refractivity contribution in [3.8, 4) is 0 Å². The molecular formula is C19H33Cl2NOSi. The van der Waals surface area contributed by atoms with Gasteiger partial charge >= 0.3 is 0 Å². The summed E-state index contributed by atoms with van der Waals surface area (Å²) in [5, 5.41) is 1.26. The average Bonchev–Trinajstić information content (AvgIpc) is 2.60. The summed E-state index contributed by atoms with van der Waals surface area (Å²) in [5.41, 5.74) is 0.937. The van der Waals surface area contributed by atoms with E-state index in [-0.39, 0.29) is 6.10 Å². The van der Waals surface area contributed by atoms with Crippen molar-refractivity contribution in [1.82, 2.24) is 4.98 Å². The van der Waals surface area contributed by atoms with Gasteiger partial charge in [-0.15, -0.1) is 0 Å². The van der Waals surface area contributed by atoms with Crippen LogP contribution in [0.25, 0.3) is 0 Å². The summed E-state index contributed by atoms with van der Waals surface area (Å²) in [6.07, 6.45) is 7.89. The number of rotatable bonds is 11. The van der Waals surface area contributed by atoms with E-state index in [0.29, 0.717) is 10.0 Å². The Morgan fingerprint density at radius 1 is 0.917 bits per heavy atom. The van der Waals surface area contributed by atoms with E-state index in [0.717, 1.165) is 42.5 Å². The van der Waals surface area contributed by atoms with Crippen molar-refractivity contribution < 1.29 is 4.43 Å². The first kappa shape index (κ1) is 21.9. The van der Waals surface area contributed by atoms with Crippen molar-refractivity contribution in [2.24, 2.45) is 5.92 Å². The summed E-state index contributed by atoms with van der Waals surface area (Å²) < 4.78 is 6.82. The van der Waals surface area contributed by atoms with Gasteiger partial charge in [-0.2, -0.15) is 0 Å². The van der Waals surface area contributed by atoms with Crippen LogP contribution in [0.1, 0.15) is 72.0 Å². The number of pyridine rings is 1. The van der Waals surface area contributed by atoms with Crippen LogP contribution in [0.5, 0.6) is 0 Å². The molecule has 0 fully saturated rings. The Morgan fingerprint density at radius 2 is 1.42 bits per heavy atom. The second-order valence-electron chi connectivity index (χ2n) is 6.63. The van der Waals surface area contributed by atoms with Crippen molar-refractivity contribution in [2.75, 3.05) is 0 Å². The van der Waals surface area contributed by atoms with Crippen molar-refractivity contribution in [1.29, 1.82) is 0 Å². The zero-order chi connectivity index (χ0) is 18.2. The quantitative estimate of drug-likeness (QED) is 0.362. The highest BCUT2D eigenvalue weighted by Gasteiger charge is 2.34. The molecule has 1 aromatic rings. The molecule has 24 heavy (non-hydrogen) atoms. The van der Waals surface area contributed by atoms with Gasteiger partial charge in [0.25, 0.3) is 0 Å². The minimum absolute atomic E-state index is 0.0138. The molecule has 2 nitrogen and oxygen atoms in total. The fourth-order valence-corrected chi connectivity index (χ4v) is 6.82. The molecule has 1 rings (SSSR count). The third kappa shape index (κ3) is 5.72. The molecule has 0 saturated carbocycles. The average molecular weight is 390 g/mol. The van der Waals surface area contributed by atoms with Crippen molar-refractivity contribution in [3.05, 3.63) is 28.0 Å². The van der Waals surface area contributed by atoms with Crippen molar-refractivity contribution >= 4 is 31.5 Å². The molecule has 138 valence electrons. The van der Waals surface area contributed by atoms with E-state index in [4.69, 9.17) is 27.6 Å². The Labute approximate surface area is 159 Å². The summed E-state index contributed by atoms with van der Waals surface area (Å²) in [6.45, 7) is 11.3. The third-order valence-corrected chi connectivity index (χ3v) is 10.8. The van der Waals surface area contributed by atoms with Crippen LogP contribution in [0.2, 0.25) is 28.2 Å². The van der Waals surface area contributed by atoms with Crippen molar-refractivity contribution in [3.63, 3.8) is 0 Å². The molecule has 1 atom stereocenters. The van der Waals surface area contributed by atoms with Crippen LogP contribution < -0.4 is 0 Å². The van der Waals surface area contributed by atoms with Gasteiger partial charge in [-0.3, -0.25) is 4.98 Å². The molecule has 0 radical (unpaired) electrons. The van der Waals surface area contributed by atoms with Gasteiger partial charge in [0, 0.05) is 18.0 Å². The first-order chi connectivity index (χ1) is 11.5. The highest BCUT2D eigenvalue weighted by Crippen LogP contribution is 2.39. The predicted octanol–water partition coefficient (Wildman–Crippen LogP) is 7.67. The van der Waals surface area contributed by atoms with Gasteiger partial charge in [0.15, 0.2) is 8.32 Å². The molecule has 0 aliphatic heterocycles. The van der Waals surface area contributed by atoms with E-state index >= 15 is 0 Å². The second kappa shape index (κ2) is 10.8. The van der Waals surface area contributed by atoms with Crippen LogP contribution in [-0.4, -0.2) is 13.3 Å². The molecule has 0 bridgehead atoms. The number of hydrogen-bond donors (Lipinski definition) is 0. The van der Waals surface area contributed by atoms with Crippen LogP contribution in [0, 0.1) is 5.92 Å². The van der Waals surface area contributed by atoms with Gasteiger partial charge in [-0.25, -0.2) is 0 Å². The molecule has 1 aromatic heterocycles. The number of hydrogen-bond acceptors (Lipinski definition) is 2. The van der Waals surface area contributed by atoms with Crippen LogP contribution in [0.4, 0.5) is 0 Å². The summed E-state index contributed by atoms with van der Waals surface area (Å²) in [4.78, 5) is 4.10. The fourth-order valence-electron chi connectivity index (χ4n) is 3.38. The summed E-state index contributed by atoms with van der Waals surface area (Å²) >= 11 is 12.9. The topological polar surface area (TPSA) is 22.1 Å². The van der Waals surface area contributed by atoms with Gasteiger partial charge in [-0.05, 0) is 36.9 Å². The minimum atomic E-state index is -1.74. The van der Waals surface area contributed by atoms with E-state index in [1.807, 2.05) is 0 Å². The van der Waals surface area contributed by atoms with Crippen LogP contribution in [0.3, 0.4) is 0 Å². The monoisotopic (exact) mass is 389 g/mol. The molecular weight excluding hydrogens is 357 g/mol. The SMILES string of the molecule is CCC(CC)CCC(O[Si](CC)(CC)CC)c1c(Cl)cncc1Cl. The second-order valence-corrected chi connectivity index (χ2v) is 12.2. The Balaban J connectivity index is 3.11. The highest BCUT2D eigenvalue weighted by atomic mass is 35.5. The van der Waals surface area contributed by atoms with Crippen molar-refractivity contribution in [2.45, 2.75) is 84.5 Å². The molecule has 0 spiro atoms. The zero-order valence-corrected chi connectivity index (χ0v) is 18.4. The number of aromatic nitrogens is 1. The Hall–Kier alpha value is -0.0931. The lowest BCUT2D eigenvalue weighted by Gasteiger charge is -2.34. The van der Waals surface area contributed by atoms with E-state index in [9.17, 15) is 0 Å². The smallest absolute Gasteiger partial charge is 0.192 e. The predicted molar refractivity (Wildman–Crippen MR) is 109 cm³/mol. The molecule has 1 heterocycles. The van der Waals surface area contributed by atoms with Gasteiger partial charge in [0.1, 0.15) is 0 Å². The first-order valence-corrected chi connectivity index (χ1v) is 12.7. The highest BCUT2D eigenvalue weighted by molar-refractivity contribution is 6.73. The summed E-state index contributed by atoms with van der Waals surface area (Å²) in [5.74, 6) is 0.733. The van der Waals surface area contributed by atoms with Crippen LogP contribution in [-0.2, 0) is 4.43 Å². The van der Waals surface area contributed by atoms with E-state index < -0.39 is 8.32 Å². The maximum atomic E-state index is 6.82. The molecule has 0 saturated heterocycles. The van der Waals surface area contributed by atoms with E-state index in [1.165, 1.54) is 12.8 Å². The van der Waals surface area contributed by atoms with Crippen LogP contribution in [0.15, 0.2) is 12.4 Å². The molecule has 0 N–H and O–H groups in total. The summed E-state index contributed by atoms with van der Waals surface area (Å²) in [6, 6.07) is 3.38. The third-order valence-electron chi connectivity index (χ3n) is 5.53. The standard InChI is InChI=1S/C19H33Cl2NOSi/c1-6-15(7-2)11-12-18(23-24(8-3,9-4)10-5)19-16(20)13-22-14-17(19)21/h13-15,18H,6-12H2,1-5H3. The van der Waals surface area contributed by atoms with Crippen LogP contribution >= 0.6 is 23.2 Å².